The Bertz CT molecular complexity index is 788. The molecule has 130 valence electrons. The Balaban J connectivity index is 1.94. The van der Waals surface area contributed by atoms with Gasteiger partial charge in [-0.3, -0.25) is 4.79 Å². The first kappa shape index (κ1) is 18.7. The summed E-state index contributed by atoms with van der Waals surface area (Å²) in [7, 11) is 1.51. The van der Waals surface area contributed by atoms with Crippen LogP contribution in [0, 0.1) is 0 Å². The molecular weight excluding hydrogens is 386 g/mol. The minimum Gasteiger partial charge on any atom is -0.495 e. The Morgan fingerprint density at radius 2 is 1.80 bits per heavy atom. The summed E-state index contributed by atoms with van der Waals surface area (Å²) in [4.78, 5) is 24.1. The fourth-order valence-corrected chi connectivity index (χ4v) is 2.43. The van der Waals surface area contributed by atoms with Gasteiger partial charge in [0.2, 0.25) is 0 Å². The van der Waals surface area contributed by atoms with Crippen molar-refractivity contribution in [1.82, 2.24) is 0 Å². The van der Waals surface area contributed by atoms with E-state index in [0.29, 0.717) is 11.4 Å². The zero-order valence-electron chi connectivity index (χ0n) is 13.9. The predicted molar refractivity (Wildman–Crippen MR) is 100 cm³/mol. The lowest BCUT2D eigenvalue weighted by Gasteiger charge is -2.14. The molecule has 1 amide bonds. The van der Waals surface area contributed by atoms with E-state index in [4.69, 9.17) is 9.47 Å². The van der Waals surface area contributed by atoms with Crippen molar-refractivity contribution in [3.8, 4) is 5.75 Å². The van der Waals surface area contributed by atoms with E-state index in [0.717, 1.165) is 10.0 Å². The average molecular weight is 404 g/mol. The molecule has 0 aliphatic heterocycles. The molecule has 1 N–H and O–H groups in total. The third-order valence-corrected chi connectivity index (χ3v) is 4.05. The summed E-state index contributed by atoms with van der Waals surface area (Å²) in [5, 5.41) is 2.68. The lowest BCUT2D eigenvalue weighted by atomic mass is 10.2. The molecule has 0 fully saturated rings. The van der Waals surface area contributed by atoms with Crippen LogP contribution in [0.5, 0.6) is 5.75 Å². The van der Waals surface area contributed by atoms with Gasteiger partial charge < -0.3 is 14.8 Å². The number of amides is 1. The van der Waals surface area contributed by atoms with Gasteiger partial charge in [0.15, 0.2) is 6.10 Å². The van der Waals surface area contributed by atoms with E-state index in [1.54, 1.807) is 30.3 Å². The predicted octanol–water partition coefficient (Wildman–Crippen LogP) is 4.04. The summed E-state index contributed by atoms with van der Waals surface area (Å²) in [6, 6.07) is 14.5. The molecule has 0 aliphatic rings. The number of hydrogen-bond acceptors (Lipinski definition) is 4. The lowest BCUT2D eigenvalue weighted by molar-refractivity contribution is -0.148. The molecule has 0 radical (unpaired) electrons. The molecule has 0 saturated heterocycles. The topological polar surface area (TPSA) is 64.6 Å². The van der Waals surface area contributed by atoms with Crippen molar-refractivity contribution in [1.29, 1.82) is 0 Å². The fraction of sp³-hybridized carbons (Fsp3) is 0.158. The van der Waals surface area contributed by atoms with Gasteiger partial charge in [0.1, 0.15) is 5.75 Å². The van der Waals surface area contributed by atoms with Gasteiger partial charge >= 0.3 is 5.97 Å². The summed E-state index contributed by atoms with van der Waals surface area (Å²) >= 11 is 3.39. The van der Waals surface area contributed by atoms with Crippen molar-refractivity contribution >= 4 is 39.6 Å². The number of nitrogens with one attached hydrogen (secondary N) is 1. The molecule has 25 heavy (non-hydrogen) atoms. The molecule has 2 rings (SSSR count). The maximum atomic E-state index is 12.2. The van der Waals surface area contributed by atoms with Crippen LogP contribution < -0.4 is 10.1 Å². The second-order valence-electron chi connectivity index (χ2n) is 5.12. The first-order valence-electron chi connectivity index (χ1n) is 7.58. The molecule has 5 nitrogen and oxygen atoms in total. The molecular formula is C19H18BrNO4. The number of para-hydroxylation sites is 2. The number of esters is 1. The SMILES string of the molecule is COc1ccccc1NC(=O)[C@H](C)OC(=O)/C=C/c1ccccc1Br. The highest BCUT2D eigenvalue weighted by Crippen LogP contribution is 2.23. The van der Waals surface area contributed by atoms with E-state index < -0.39 is 18.0 Å². The van der Waals surface area contributed by atoms with Crippen LogP contribution in [0.4, 0.5) is 5.69 Å². The van der Waals surface area contributed by atoms with E-state index in [2.05, 4.69) is 21.2 Å². The third kappa shape index (κ3) is 5.46. The molecule has 0 aliphatic carbocycles. The number of halogens is 1. The molecule has 0 bridgehead atoms. The van der Waals surface area contributed by atoms with Crippen LogP contribution in [0.1, 0.15) is 12.5 Å². The van der Waals surface area contributed by atoms with Crippen LogP contribution in [0.3, 0.4) is 0 Å². The zero-order chi connectivity index (χ0) is 18.2. The lowest BCUT2D eigenvalue weighted by Crippen LogP contribution is -2.29. The van der Waals surface area contributed by atoms with E-state index in [1.807, 2.05) is 24.3 Å². The number of anilines is 1. The third-order valence-electron chi connectivity index (χ3n) is 3.33. The molecule has 0 aromatic heterocycles. The van der Waals surface area contributed by atoms with E-state index in [1.165, 1.54) is 20.1 Å². The molecule has 1 atom stereocenters. The van der Waals surface area contributed by atoms with Gasteiger partial charge in [0.25, 0.3) is 5.91 Å². The largest absolute Gasteiger partial charge is 0.495 e. The van der Waals surface area contributed by atoms with Gasteiger partial charge in [-0.2, -0.15) is 0 Å². The number of benzene rings is 2. The van der Waals surface area contributed by atoms with E-state index in [-0.39, 0.29) is 0 Å². The number of ether oxygens (including phenoxy) is 2. The second-order valence-corrected chi connectivity index (χ2v) is 5.98. The second kappa shape index (κ2) is 9.03. The standard InChI is InChI=1S/C19H18BrNO4/c1-13(19(23)21-16-9-5-6-10-17(16)24-2)25-18(22)12-11-14-7-3-4-8-15(14)20/h3-13H,1-2H3,(H,21,23)/b12-11+/t13-/m0/s1. The highest BCUT2D eigenvalue weighted by atomic mass is 79.9. The van der Waals surface area contributed by atoms with Crippen molar-refractivity contribution in [2.45, 2.75) is 13.0 Å². The van der Waals surface area contributed by atoms with Crippen LogP contribution in [0.2, 0.25) is 0 Å². The molecule has 0 unspecified atom stereocenters. The van der Waals surface area contributed by atoms with Gasteiger partial charge in [-0.25, -0.2) is 4.79 Å². The summed E-state index contributed by atoms with van der Waals surface area (Å²) in [6.45, 7) is 1.51. The Kier molecular flexibility index (Phi) is 6.77. The minimum absolute atomic E-state index is 0.438. The maximum Gasteiger partial charge on any atom is 0.331 e. The Morgan fingerprint density at radius 1 is 1.12 bits per heavy atom. The smallest absolute Gasteiger partial charge is 0.331 e. The Morgan fingerprint density at radius 3 is 2.52 bits per heavy atom. The first-order chi connectivity index (χ1) is 12.0. The van der Waals surface area contributed by atoms with Gasteiger partial charge in [0, 0.05) is 10.5 Å². The number of hydrogen-bond donors (Lipinski definition) is 1. The van der Waals surface area contributed by atoms with Gasteiger partial charge in [-0.1, -0.05) is 46.3 Å². The number of carbonyl (C=O) groups excluding carboxylic acids is 2. The van der Waals surface area contributed by atoms with Crippen molar-refractivity contribution in [3.05, 3.63) is 64.6 Å². The molecule has 2 aromatic carbocycles. The summed E-state index contributed by atoms with van der Waals surface area (Å²) in [6.07, 6.45) is 1.96. The van der Waals surface area contributed by atoms with Crippen LogP contribution >= 0.6 is 15.9 Å². The van der Waals surface area contributed by atoms with Gasteiger partial charge in [-0.15, -0.1) is 0 Å². The van der Waals surface area contributed by atoms with Crippen molar-refractivity contribution in [3.63, 3.8) is 0 Å². The summed E-state index contributed by atoms with van der Waals surface area (Å²) in [5.74, 6) is -0.506. The summed E-state index contributed by atoms with van der Waals surface area (Å²) in [5.41, 5.74) is 1.35. The molecule has 0 heterocycles. The minimum atomic E-state index is -0.943. The van der Waals surface area contributed by atoms with Crippen molar-refractivity contribution in [2.24, 2.45) is 0 Å². The van der Waals surface area contributed by atoms with Crippen LogP contribution in [0.15, 0.2) is 59.1 Å². The first-order valence-corrected chi connectivity index (χ1v) is 8.37. The monoisotopic (exact) mass is 403 g/mol. The Hall–Kier alpha value is -2.60. The average Bonchev–Trinajstić information content (AvgIpc) is 2.61. The molecule has 2 aromatic rings. The fourth-order valence-electron chi connectivity index (χ4n) is 2.02. The molecule has 6 heteroatoms. The maximum absolute atomic E-state index is 12.2. The normalized spacial score (nSPS) is 11.8. The summed E-state index contributed by atoms with van der Waals surface area (Å²) < 4.78 is 11.2. The van der Waals surface area contributed by atoms with E-state index in [9.17, 15) is 9.59 Å². The molecule has 0 saturated carbocycles. The highest BCUT2D eigenvalue weighted by molar-refractivity contribution is 9.10. The van der Waals surface area contributed by atoms with Crippen molar-refractivity contribution < 1.29 is 19.1 Å². The number of methoxy groups -OCH3 is 1. The van der Waals surface area contributed by atoms with E-state index >= 15 is 0 Å². The van der Waals surface area contributed by atoms with Crippen LogP contribution in [-0.4, -0.2) is 25.1 Å². The Labute approximate surface area is 154 Å². The van der Waals surface area contributed by atoms with Crippen molar-refractivity contribution in [2.75, 3.05) is 12.4 Å². The van der Waals surface area contributed by atoms with Crippen LogP contribution in [-0.2, 0) is 14.3 Å². The van der Waals surface area contributed by atoms with Crippen LogP contribution in [0.25, 0.3) is 6.08 Å². The number of carbonyl (C=O) groups is 2. The number of rotatable bonds is 6. The highest BCUT2D eigenvalue weighted by Gasteiger charge is 2.18. The zero-order valence-corrected chi connectivity index (χ0v) is 15.4. The van der Waals surface area contributed by atoms with Gasteiger partial charge in [-0.05, 0) is 36.8 Å². The molecule has 0 spiro atoms. The quantitative estimate of drug-likeness (QED) is 0.583. The van der Waals surface area contributed by atoms with Gasteiger partial charge in [0.05, 0.1) is 12.8 Å².